The summed E-state index contributed by atoms with van der Waals surface area (Å²) >= 11 is 0. The van der Waals surface area contributed by atoms with Crippen LogP contribution in [0.1, 0.15) is 34.5 Å². The Bertz CT molecular complexity index is 646. The van der Waals surface area contributed by atoms with E-state index in [1.54, 1.807) is 6.07 Å². The highest BCUT2D eigenvalue weighted by molar-refractivity contribution is 6.03. The zero-order chi connectivity index (χ0) is 15.4. The SMILES string of the molecule is Cc1c(CCCN)c2cccc(C(=O)O)c2n1CCCN. The van der Waals surface area contributed by atoms with Crippen LogP contribution in [0.4, 0.5) is 0 Å². The average molecular weight is 289 g/mol. The monoisotopic (exact) mass is 289 g/mol. The molecule has 0 saturated heterocycles. The van der Waals surface area contributed by atoms with E-state index in [0.29, 0.717) is 18.7 Å². The van der Waals surface area contributed by atoms with Crippen molar-refractivity contribution in [1.82, 2.24) is 4.57 Å². The lowest BCUT2D eigenvalue weighted by Gasteiger charge is -2.09. The number of fused-ring (bicyclic) bond motifs is 1. The molecule has 1 aromatic carbocycles. The molecular weight excluding hydrogens is 266 g/mol. The zero-order valence-electron chi connectivity index (χ0n) is 12.4. The van der Waals surface area contributed by atoms with Crippen molar-refractivity contribution in [2.75, 3.05) is 13.1 Å². The van der Waals surface area contributed by atoms with Crippen molar-refractivity contribution in [2.45, 2.75) is 32.7 Å². The minimum atomic E-state index is -0.891. The van der Waals surface area contributed by atoms with Gasteiger partial charge in [-0.2, -0.15) is 0 Å². The molecule has 5 nitrogen and oxygen atoms in total. The Kier molecular flexibility index (Phi) is 4.98. The first-order chi connectivity index (χ1) is 10.1. The van der Waals surface area contributed by atoms with Crippen LogP contribution in [-0.4, -0.2) is 28.7 Å². The van der Waals surface area contributed by atoms with Crippen molar-refractivity contribution in [2.24, 2.45) is 11.5 Å². The Hall–Kier alpha value is -1.85. The van der Waals surface area contributed by atoms with E-state index in [0.717, 1.165) is 42.4 Å². The maximum atomic E-state index is 11.5. The highest BCUT2D eigenvalue weighted by atomic mass is 16.4. The van der Waals surface area contributed by atoms with Crippen LogP contribution in [0.15, 0.2) is 18.2 Å². The van der Waals surface area contributed by atoms with Crippen LogP contribution >= 0.6 is 0 Å². The molecule has 2 aromatic rings. The van der Waals surface area contributed by atoms with Crippen molar-refractivity contribution in [3.05, 3.63) is 35.0 Å². The molecule has 0 saturated carbocycles. The second kappa shape index (κ2) is 6.74. The van der Waals surface area contributed by atoms with Crippen LogP contribution < -0.4 is 11.5 Å². The third kappa shape index (κ3) is 2.94. The van der Waals surface area contributed by atoms with Gasteiger partial charge in [0.15, 0.2) is 0 Å². The molecule has 0 bridgehead atoms. The molecule has 0 amide bonds. The first-order valence-electron chi connectivity index (χ1n) is 7.36. The summed E-state index contributed by atoms with van der Waals surface area (Å²) in [6.07, 6.45) is 2.60. The maximum absolute atomic E-state index is 11.5. The van der Waals surface area contributed by atoms with E-state index in [1.165, 1.54) is 5.56 Å². The second-order valence-corrected chi connectivity index (χ2v) is 5.26. The number of hydrogen-bond donors (Lipinski definition) is 3. The molecule has 0 unspecified atom stereocenters. The number of hydrogen-bond acceptors (Lipinski definition) is 3. The molecule has 21 heavy (non-hydrogen) atoms. The maximum Gasteiger partial charge on any atom is 0.337 e. The van der Waals surface area contributed by atoms with Gasteiger partial charge in [0, 0.05) is 17.6 Å². The highest BCUT2D eigenvalue weighted by Crippen LogP contribution is 2.30. The molecule has 2 rings (SSSR count). The molecule has 0 aliphatic rings. The van der Waals surface area contributed by atoms with Gasteiger partial charge in [-0.15, -0.1) is 0 Å². The van der Waals surface area contributed by atoms with Crippen LogP contribution in [0, 0.1) is 6.92 Å². The van der Waals surface area contributed by atoms with Crippen molar-refractivity contribution in [3.63, 3.8) is 0 Å². The molecule has 5 heteroatoms. The molecule has 114 valence electrons. The molecule has 0 aliphatic carbocycles. The van der Waals surface area contributed by atoms with Crippen LogP contribution in [-0.2, 0) is 13.0 Å². The normalized spacial score (nSPS) is 11.2. The standard InChI is InChI=1S/C16H23N3O2/c1-11-12(7-3-8-17)13-5-2-6-14(16(20)21)15(13)19(11)10-4-9-18/h2,5-6H,3-4,7-10,17-18H2,1H3,(H,20,21). The quantitative estimate of drug-likeness (QED) is 0.725. The predicted molar refractivity (Wildman–Crippen MR) is 84.7 cm³/mol. The Morgan fingerprint density at radius 2 is 1.95 bits per heavy atom. The van der Waals surface area contributed by atoms with E-state index < -0.39 is 5.97 Å². The molecule has 0 fully saturated rings. The summed E-state index contributed by atoms with van der Waals surface area (Å²) < 4.78 is 2.09. The Balaban J connectivity index is 2.66. The van der Waals surface area contributed by atoms with Crippen LogP contribution in [0.3, 0.4) is 0 Å². The number of carboxylic acid groups (broad SMARTS) is 1. The number of nitrogens with two attached hydrogens (primary N) is 2. The summed E-state index contributed by atoms with van der Waals surface area (Å²) in [4.78, 5) is 11.5. The summed E-state index contributed by atoms with van der Waals surface area (Å²) in [6.45, 7) is 4.01. The Morgan fingerprint density at radius 3 is 2.57 bits per heavy atom. The van der Waals surface area contributed by atoms with Gasteiger partial charge in [0.2, 0.25) is 0 Å². The number of aryl methyl sites for hydroxylation is 2. The van der Waals surface area contributed by atoms with Gasteiger partial charge < -0.3 is 21.1 Å². The number of nitrogens with zero attached hydrogens (tertiary/aromatic N) is 1. The second-order valence-electron chi connectivity index (χ2n) is 5.26. The highest BCUT2D eigenvalue weighted by Gasteiger charge is 2.18. The zero-order valence-corrected chi connectivity index (χ0v) is 12.4. The van der Waals surface area contributed by atoms with Gasteiger partial charge in [-0.05, 0) is 50.9 Å². The van der Waals surface area contributed by atoms with Gasteiger partial charge in [-0.1, -0.05) is 12.1 Å². The van der Waals surface area contributed by atoms with Crippen molar-refractivity contribution >= 4 is 16.9 Å². The van der Waals surface area contributed by atoms with Gasteiger partial charge in [0.05, 0.1) is 11.1 Å². The third-order valence-corrected chi connectivity index (χ3v) is 3.92. The molecule has 5 N–H and O–H groups in total. The van der Waals surface area contributed by atoms with Crippen LogP contribution in [0.2, 0.25) is 0 Å². The fourth-order valence-electron chi connectivity index (χ4n) is 2.90. The lowest BCUT2D eigenvalue weighted by atomic mass is 10.0. The van der Waals surface area contributed by atoms with Gasteiger partial charge in [-0.3, -0.25) is 0 Å². The molecule has 1 heterocycles. The minimum Gasteiger partial charge on any atom is -0.478 e. The van der Waals surface area contributed by atoms with Crippen molar-refractivity contribution in [1.29, 1.82) is 0 Å². The predicted octanol–water partition coefficient (Wildman–Crippen LogP) is 1.89. The van der Waals surface area contributed by atoms with E-state index in [-0.39, 0.29) is 0 Å². The van der Waals surface area contributed by atoms with E-state index in [2.05, 4.69) is 4.57 Å². The molecule has 1 aromatic heterocycles. The topological polar surface area (TPSA) is 94.3 Å². The van der Waals surface area contributed by atoms with Gasteiger partial charge in [0.25, 0.3) is 0 Å². The molecule has 0 spiro atoms. The number of carbonyl (C=O) groups is 1. The lowest BCUT2D eigenvalue weighted by Crippen LogP contribution is -2.09. The van der Waals surface area contributed by atoms with Gasteiger partial charge in [0.1, 0.15) is 0 Å². The van der Waals surface area contributed by atoms with E-state index in [9.17, 15) is 9.90 Å². The molecule has 0 aliphatic heterocycles. The lowest BCUT2D eigenvalue weighted by molar-refractivity contribution is 0.0698. The number of aromatic carboxylic acids is 1. The molecule has 0 atom stereocenters. The summed E-state index contributed by atoms with van der Waals surface area (Å²) in [7, 11) is 0. The number of carboxylic acids is 1. The fraction of sp³-hybridized carbons (Fsp3) is 0.438. The smallest absolute Gasteiger partial charge is 0.337 e. The van der Waals surface area contributed by atoms with E-state index in [1.807, 2.05) is 19.1 Å². The summed E-state index contributed by atoms with van der Waals surface area (Å²) in [5, 5.41) is 10.5. The molecular formula is C16H23N3O2. The summed E-state index contributed by atoms with van der Waals surface area (Å²) in [5.41, 5.74) is 14.7. The van der Waals surface area contributed by atoms with Gasteiger partial charge in [-0.25, -0.2) is 4.79 Å². The van der Waals surface area contributed by atoms with Gasteiger partial charge >= 0.3 is 5.97 Å². The van der Waals surface area contributed by atoms with E-state index >= 15 is 0 Å². The van der Waals surface area contributed by atoms with Crippen LogP contribution in [0.5, 0.6) is 0 Å². The number of aromatic nitrogens is 1. The molecule has 0 radical (unpaired) electrons. The summed E-state index contributed by atoms with van der Waals surface area (Å²) in [5.74, 6) is -0.891. The Labute approximate surface area is 124 Å². The minimum absolute atomic E-state index is 0.353. The van der Waals surface area contributed by atoms with Crippen LogP contribution in [0.25, 0.3) is 10.9 Å². The largest absolute Gasteiger partial charge is 0.478 e. The third-order valence-electron chi connectivity index (χ3n) is 3.92. The number of para-hydroxylation sites is 1. The first kappa shape index (κ1) is 15.5. The Morgan fingerprint density at radius 1 is 1.24 bits per heavy atom. The number of rotatable bonds is 7. The van der Waals surface area contributed by atoms with Crippen molar-refractivity contribution < 1.29 is 9.90 Å². The van der Waals surface area contributed by atoms with E-state index in [4.69, 9.17) is 11.5 Å². The first-order valence-corrected chi connectivity index (χ1v) is 7.36. The van der Waals surface area contributed by atoms with Crippen molar-refractivity contribution in [3.8, 4) is 0 Å². The average Bonchev–Trinajstić information content (AvgIpc) is 2.74. The number of benzene rings is 1. The fourth-order valence-corrected chi connectivity index (χ4v) is 2.90. The summed E-state index contributed by atoms with van der Waals surface area (Å²) in [6, 6.07) is 5.47.